The molecule has 0 amide bonds. The molecule has 28 heavy (non-hydrogen) atoms. The predicted octanol–water partition coefficient (Wildman–Crippen LogP) is 4.23. The zero-order valence-corrected chi connectivity index (χ0v) is 16.9. The van der Waals surface area contributed by atoms with Crippen LogP contribution in [0.3, 0.4) is 0 Å². The Balaban J connectivity index is 1.35. The molecule has 0 unspecified atom stereocenters. The van der Waals surface area contributed by atoms with Gasteiger partial charge in [-0.05, 0) is 75.3 Å². The number of ether oxygens (including phenoxy) is 1. The lowest BCUT2D eigenvalue weighted by molar-refractivity contribution is 0.160. The number of piperidine rings is 1. The highest BCUT2D eigenvalue weighted by Gasteiger charge is 2.20. The largest absolute Gasteiger partial charge is 0.494 e. The number of rotatable bonds is 9. The van der Waals surface area contributed by atoms with Crippen LogP contribution in [-0.4, -0.2) is 42.7 Å². The maximum Gasteiger partial charge on any atom is 0.151 e. The fraction of sp³-hybridized carbons (Fsp3) is 0.500. The van der Waals surface area contributed by atoms with Crippen molar-refractivity contribution in [3.63, 3.8) is 0 Å². The second kappa shape index (κ2) is 10.6. The summed E-state index contributed by atoms with van der Waals surface area (Å²) in [5.74, 6) is 2.65. The number of anilines is 1. The van der Waals surface area contributed by atoms with E-state index >= 15 is 0 Å². The van der Waals surface area contributed by atoms with Crippen molar-refractivity contribution in [1.82, 2.24) is 10.2 Å². The van der Waals surface area contributed by atoms with Crippen molar-refractivity contribution in [1.29, 1.82) is 0 Å². The van der Waals surface area contributed by atoms with Gasteiger partial charge in [0, 0.05) is 13.1 Å². The molecule has 1 aromatic carbocycles. The average molecular weight is 383 g/mol. The van der Waals surface area contributed by atoms with E-state index in [4.69, 9.17) is 9.57 Å². The number of aryl methyl sites for hydroxylation is 1. The number of aromatic nitrogens is 2. The summed E-state index contributed by atoms with van der Waals surface area (Å²) < 4.78 is 5.91. The number of benzene rings is 1. The predicted molar refractivity (Wildman–Crippen MR) is 112 cm³/mol. The number of hydrogen-bond acceptors (Lipinski definition) is 6. The summed E-state index contributed by atoms with van der Waals surface area (Å²) in [5.41, 5.74) is 1.95. The van der Waals surface area contributed by atoms with Crippen molar-refractivity contribution in [2.75, 3.05) is 31.2 Å². The summed E-state index contributed by atoms with van der Waals surface area (Å²) in [6.45, 7) is 7.32. The van der Waals surface area contributed by atoms with Gasteiger partial charge in [0.05, 0.1) is 18.5 Å². The molecule has 1 fully saturated rings. The van der Waals surface area contributed by atoms with Gasteiger partial charge in [0.1, 0.15) is 12.4 Å². The number of oxime groups is 1. The van der Waals surface area contributed by atoms with Gasteiger partial charge in [-0.2, -0.15) is 5.10 Å². The Kier molecular flexibility index (Phi) is 7.64. The van der Waals surface area contributed by atoms with Crippen LogP contribution < -0.4 is 9.64 Å². The molecule has 0 bridgehead atoms. The van der Waals surface area contributed by atoms with Gasteiger partial charge in [-0.15, -0.1) is 5.10 Å². The lowest BCUT2D eigenvalue weighted by atomic mass is 9.92. The van der Waals surface area contributed by atoms with E-state index in [9.17, 15) is 0 Å². The van der Waals surface area contributed by atoms with Crippen molar-refractivity contribution in [3.05, 3.63) is 47.7 Å². The van der Waals surface area contributed by atoms with E-state index in [1.807, 2.05) is 44.2 Å². The van der Waals surface area contributed by atoms with E-state index in [2.05, 4.69) is 26.3 Å². The van der Waals surface area contributed by atoms with Crippen LogP contribution in [0.1, 0.15) is 43.9 Å². The molecule has 1 aromatic heterocycles. The molecule has 0 atom stereocenters. The molecule has 1 saturated heterocycles. The second-order valence-corrected chi connectivity index (χ2v) is 7.18. The molecule has 1 aliphatic heterocycles. The monoisotopic (exact) mass is 382 g/mol. The quantitative estimate of drug-likeness (QED) is 0.369. The minimum absolute atomic E-state index is 0.573. The molecule has 3 rings (SSSR count). The Morgan fingerprint density at radius 1 is 1.18 bits per heavy atom. The Morgan fingerprint density at radius 3 is 2.79 bits per heavy atom. The first-order valence-electron chi connectivity index (χ1n) is 10.2. The molecule has 6 nitrogen and oxygen atoms in total. The van der Waals surface area contributed by atoms with Crippen LogP contribution in [0.5, 0.6) is 5.75 Å². The van der Waals surface area contributed by atoms with Crippen LogP contribution in [0.15, 0.2) is 41.6 Å². The van der Waals surface area contributed by atoms with Crippen LogP contribution in [0.25, 0.3) is 0 Å². The molecule has 0 spiro atoms. The van der Waals surface area contributed by atoms with Gasteiger partial charge in [0.15, 0.2) is 5.82 Å². The highest BCUT2D eigenvalue weighted by Crippen LogP contribution is 2.25. The second-order valence-electron chi connectivity index (χ2n) is 7.18. The normalized spacial score (nSPS) is 15.1. The number of hydrogen-bond donors (Lipinski definition) is 0. The number of nitrogens with zero attached hydrogens (tertiary/aromatic N) is 4. The highest BCUT2D eigenvalue weighted by atomic mass is 16.6. The Morgan fingerprint density at radius 2 is 2.04 bits per heavy atom. The molecule has 150 valence electrons. The third-order valence-corrected chi connectivity index (χ3v) is 5.01. The fourth-order valence-electron chi connectivity index (χ4n) is 3.43. The first-order chi connectivity index (χ1) is 13.7. The Bertz CT molecular complexity index is 740. The molecule has 0 N–H and O–H groups in total. The van der Waals surface area contributed by atoms with Crippen molar-refractivity contribution in [2.45, 2.75) is 39.5 Å². The van der Waals surface area contributed by atoms with Crippen molar-refractivity contribution >= 4 is 12.0 Å². The van der Waals surface area contributed by atoms with Crippen molar-refractivity contribution in [3.8, 4) is 5.75 Å². The Hall–Kier alpha value is -2.63. The Labute approximate surface area is 167 Å². The average Bonchev–Trinajstić information content (AvgIpc) is 2.73. The molecular weight excluding hydrogens is 352 g/mol. The maximum atomic E-state index is 5.91. The summed E-state index contributed by atoms with van der Waals surface area (Å²) >= 11 is 0. The summed E-state index contributed by atoms with van der Waals surface area (Å²) in [6, 6.07) is 12.0. The van der Waals surface area contributed by atoms with Crippen LogP contribution in [0.2, 0.25) is 0 Å². The molecule has 1 aliphatic rings. The van der Waals surface area contributed by atoms with Crippen molar-refractivity contribution in [2.24, 2.45) is 11.1 Å². The third kappa shape index (κ3) is 6.22. The molecule has 2 aromatic rings. The van der Waals surface area contributed by atoms with E-state index in [-0.39, 0.29) is 0 Å². The van der Waals surface area contributed by atoms with E-state index in [1.54, 1.807) is 6.21 Å². The minimum atomic E-state index is 0.573. The van der Waals surface area contributed by atoms with Crippen LogP contribution in [-0.2, 0) is 4.84 Å². The summed E-state index contributed by atoms with van der Waals surface area (Å²) in [6.07, 6.45) is 6.41. The van der Waals surface area contributed by atoms with E-state index < -0.39 is 0 Å². The topological polar surface area (TPSA) is 59.8 Å². The van der Waals surface area contributed by atoms with Crippen LogP contribution in [0, 0.1) is 12.8 Å². The van der Waals surface area contributed by atoms with Gasteiger partial charge >= 0.3 is 0 Å². The molecule has 0 aliphatic carbocycles. The van der Waals surface area contributed by atoms with Gasteiger partial charge in [-0.1, -0.05) is 17.3 Å². The first-order valence-corrected chi connectivity index (χ1v) is 10.2. The van der Waals surface area contributed by atoms with E-state index in [1.165, 1.54) is 19.3 Å². The van der Waals surface area contributed by atoms with Crippen LogP contribution in [0.4, 0.5) is 5.82 Å². The van der Waals surface area contributed by atoms with Gasteiger partial charge in [-0.25, -0.2) is 0 Å². The maximum absolute atomic E-state index is 5.91. The summed E-state index contributed by atoms with van der Waals surface area (Å²) in [5, 5.41) is 12.4. The fourth-order valence-corrected chi connectivity index (χ4v) is 3.43. The lowest BCUT2D eigenvalue weighted by Gasteiger charge is -2.32. The third-order valence-electron chi connectivity index (χ3n) is 5.01. The zero-order valence-electron chi connectivity index (χ0n) is 16.9. The molecular formula is C22H30N4O2. The van der Waals surface area contributed by atoms with Crippen LogP contribution >= 0.6 is 0 Å². The van der Waals surface area contributed by atoms with Gasteiger partial charge in [0.25, 0.3) is 0 Å². The van der Waals surface area contributed by atoms with Gasteiger partial charge in [0.2, 0.25) is 0 Å². The molecule has 0 saturated carbocycles. The smallest absolute Gasteiger partial charge is 0.151 e. The molecule has 6 heteroatoms. The van der Waals surface area contributed by atoms with E-state index in [0.29, 0.717) is 6.61 Å². The van der Waals surface area contributed by atoms with Gasteiger partial charge in [-0.3, -0.25) is 0 Å². The first kappa shape index (κ1) is 20.1. The van der Waals surface area contributed by atoms with Gasteiger partial charge < -0.3 is 14.5 Å². The minimum Gasteiger partial charge on any atom is -0.494 e. The van der Waals surface area contributed by atoms with E-state index in [0.717, 1.165) is 54.9 Å². The highest BCUT2D eigenvalue weighted by molar-refractivity contribution is 5.79. The summed E-state index contributed by atoms with van der Waals surface area (Å²) in [7, 11) is 0. The molecule has 2 heterocycles. The zero-order chi connectivity index (χ0) is 19.6. The summed E-state index contributed by atoms with van der Waals surface area (Å²) in [4.78, 5) is 7.34. The standard InChI is InChI=1S/C22H30N4O2/c1-3-28-23-17-20-6-4-8-21(16-20)27-15-5-7-19-11-13-26(14-12-19)22-10-9-18(2)24-25-22/h4,6,8-10,16-17,19H,3,5,7,11-15H2,1-2H3/b23-17+. The molecule has 0 radical (unpaired) electrons. The lowest BCUT2D eigenvalue weighted by Crippen LogP contribution is -2.34. The van der Waals surface area contributed by atoms with Crippen molar-refractivity contribution < 1.29 is 9.57 Å². The SMILES string of the molecule is CCO/N=C/c1cccc(OCCCC2CCN(c3ccc(C)nn3)CC2)c1.